The average Bonchev–Trinajstić information content (AvgIpc) is 3.81. The van der Waals surface area contributed by atoms with E-state index in [1.165, 1.54) is 46.0 Å². The van der Waals surface area contributed by atoms with Crippen LogP contribution in [0.2, 0.25) is 0 Å². The third kappa shape index (κ3) is 8.36. The zero-order valence-electron chi connectivity index (χ0n) is 37.8. The maximum atomic E-state index is 13.0. The molecule has 2 aromatic heterocycles. The predicted octanol–water partition coefficient (Wildman–Crippen LogP) is 6.49. The van der Waals surface area contributed by atoms with Gasteiger partial charge in [0.1, 0.15) is 0 Å². The number of nitrogens with zero attached hydrogens (tertiary/aromatic N) is 5. The summed E-state index contributed by atoms with van der Waals surface area (Å²) in [5.74, 6) is -0.650. The Balaban J connectivity index is 0.000000166. The smallest absolute Gasteiger partial charge is 0.254 e. The molecule has 2 spiro atoms. The molecule has 4 aromatic rings. The fourth-order valence-corrected chi connectivity index (χ4v) is 14.1. The van der Waals surface area contributed by atoms with Gasteiger partial charge in [-0.3, -0.25) is 14.3 Å². The molecule has 6 aliphatic rings. The number of aromatic nitrogens is 2. The van der Waals surface area contributed by atoms with Crippen molar-refractivity contribution in [2.24, 2.45) is 24.9 Å². The third-order valence-electron chi connectivity index (χ3n) is 14.4. The molecule has 17 heteroatoms. The van der Waals surface area contributed by atoms with Crippen LogP contribution >= 0.6 is 0 Å². The van der Waals surface area contributed by atoms with Gasteiger partial charge < -0.3 is 18.9 Å². The second-order valence-corrected chi connectivity index (χ2v) is 25.2. The van der Waals surface area contributed by atoms with Crippen LogP contribution in [-0.4, -0.2) is 77.8 Å². The number of nitrogens with one attached hydrogen (secondary N) is 1. The lowest BCUT2D eigenvalue weighted by atomic mass is 9.97. The molecule has 4 fully saturated rings. The maximum Gasteiger partial charge on any atom is 0.254 e. The lowest BCUT2D eigenvalue weighted by Gasteiger charge is -2.27. The highest BCUT2D eigenvalue weighted by atomic mass is 32.3. The molecule has 0 amide bonds. The summed E-state index contributed by atoms with van der Waals surface area (Å²) in [6.07, 6.45) is 20.1. The molecule has 2 aliphatic heterocycles. The molecule has 0 radical (unpaired) electrons. The van der Waals surface area contributed by atoms with Crippen molar-refractivity contribution in [1.29, 1.82) is 0 Å². The van der Waals surface area contributed by atoms with E-state index in [-0.39, 0.29) is 34.1 Å². The summed E-state index contributed by atoms with van der Waals surface area (Å²) in [4.78, 5) is 30.1. The monoisotopic (exact) mass is 942 g/mol. The number of hydrogen-bond acceptors (Lipinski definition) is 10. The number of allylic oxidation sites excluding steroid dienone is 2. The van der Waals surface area contributed by atoms with Gasteiger partial charge in [0.25, 0.3) is 11.1 Å². The molecule has 1 N–H and O–H groups in total. The Morgan fingerprint density at radius 1 is 0.600 bits per heavy atom. The van der Waals surface area contributed by atoms with E-state index in [2.05, 4.69) is 14.5 Å². The fraction of sp³-hybridized carbons (Fsp3) is 0.458. The summed E-state index contributed by atoms with van der Waals surface area (Å²) < 4.78 is 82.6. The number of hydrogen-bond donors (Lipinski definition) is 1. The summed E-state index contributed by atoms with van der Waals surface area (Å²) in [6, 6.07) is 10.9. The highest BCUT2D eigenvalue weighted by Crippen LogP contribution is 2.55. The average molecular weight is 943 g/mol. The largest absolute Gasteiger partial charge is 0.370 e. The Morgan fingerprint density at radius 3 is 1.49 bits per heavy atom. The zero-order chi connectivity index (χ0) is 46.3. The molecule has 14 nitrogen and oxygen atoms in total. The van der Waals surface area contributed by atoms with Crippen LogP contribution in [0.4, 0.5) is 22.7 Å². The third-order valence-corrected chi connectivity index (χ3v) is 19.9. The van der Waals surface area contributed by atoms with E-state index < -0.39 is 30.1 Å². The minimum absolute atomic E-state index is 0.0245. The number of sulfonamides is 3. The van der Waals surface area contributed by atoms with E-state index in [0.29, 0.717) is 38.6 Å². The van der Waals surface area contributed by atoms with Gasteiger partial charge in [-0.1, -0.05) is 24.3 Å². The Morgan fingerprint density at radius 2 is 1.06 bits per heavy atom. The van der Waals surface area contributed by atoms with Crippen molar-refractivity contribution >= 4 is 65.0 Å². The van der Waals surface area contributed by atoms with Gasteiger partial charge in [-0.05, 0) is 130 Å². The minimum Gasteiger partial charge on any atom is -0.370 e. The van der Waals surface area contributed by atoms with E-state index in [1.807, 2.05) is 54.8 Å². The van der Waals surface area contributed by atoms with Gasteiger partial charge in [-0.15, -0.1) is 0 Å². The standard InChI is InChI=1S/C25H31N3O5S2.C23H27N3O3S/c1-4-34(30,31)28(35(32,33)5-2)18-9-10-23(27-14-13-25(17-27)11-12-25)21(15-18)22-16-26(3)24(29)20-8-6-7-19(20)22;1-3-30(28,29)24-16-7-8-21(26-12-11-23(15-26)9-10-23)19(13-16)20-14-25(2)22(27)18-6-4-5-17(18)20/h6-7,9-10,15-16H,4-5,8,11-14,17H2,1-3H3;4-5,7-8,13-14,24H,3,6,9-12,15H2,1-2H3. The van der Waals surface area contributed by atoms with E-state index in [0.717, 1.165) is 82.9 Å². The topological polar surface area (TPSA) is 168 Å². The first-order valence-corrected chi connectivity index (χ1v) is 27.5. The van der Waals surface area contributed by atoms with Crippen LogP contribution in [0.15, 0.2) is 70.5 Å². The molecule has 65 heavy (non-hydrogen) atoms. The van der Waals surface area contributed by atoms with Gasteiger partial charge in [0.05, 0.1) is 22.9 Å². The van der Waals surface area contributed by atoms with Gasteiger partial charge in [-0.2, -0.15) is 3.71 Å². The molecule has 2 aromatic carbocycles. The number of pyridine rings is 2. The maximum absolute atomic E-state index is 13.0. The van der Waals surface area contributed by atoms with Crippen molar-refractivity contribution in [2.45, 2.75) is 72.1 Å². The van der Waals surface area contributed by atoms with Crippen molar-refractivity contribution in [2.75, 3.05) is 61.7 Å². The number of benzene rings is 2. The molecule has 0 unspecified atom stereocenters. The SMILES string of the molecule is CCS(=O)(=O)N(c1ccc(N2CCC3(CC3)C2)c(-c2cn(C)c(=O)c3c2C=CC3)c1)S(=O)(=O)CC.CCS(=O)(=O)Nc1ccc(N2CCC3(CC3)C2)c(-c2cn(C)c(=O)c3c2C=CC3)c1. The first-order valence-electron chi connectivity index (χ1n) is 22.7. The van der Waals surface area contributed by atoms with Crippen LogP contribution in [0.3, 0.4) is 0 Å². The van der Waals surface area contributed by atoms with Gasteiger partial charge in [-0.25, -0.2) is 25.3 Å². The summed E-state index contributed by atoms with van der Waals surface area (Å²) in [7, 11) is -8.06. The number of anilines is 4. The summed E-state index contributed by atoms with van der Waals surface area (Å²) in [5, 5.41) is 0. The molecule has 0 bridgehead atoms. The Labute approximate surface area is 382 Å². The van der Waals surface area contributed by atoms with Gasteiger partial charge >= 0.3 is 0 Å². The predicted molar refractivity (Wildman–Crippen MR) is 261 cm³/mol. The Hall–Kier alpha value is -5.13. The molecule has 4 heterocycles. The van der Waals surface area contributed by atoms with Crippen LogP contribution in [-0.2, 0) is 57.0 Å². The molecule has 2 saturated heterocycles. The summed E-state index contributed by atoms with van der Waals surface area (Å²) in [5.41, 5.74) is 10.3. The lowest BCUT2D eigenvalue weighted by Crippen LogP contribution is -2.39. The normalized spacial score (nSPS) is 18.5. The van der Waals surface area contributed by atoms with Crippen molar-refractivity contribution in [3.8, 4) is 22.3 Å². The number of aryl methyl sites for hydroxylation is 2. The van der Waals surface area contributed by atoms with E-state index in [9.17, 15) is 34.8 Å². The van der Waals surface area contributed by atoms with Crippen LogP contribution in [0, 0.1) is 10.8 Å². The second kappa shape index (κ2) is 16.3. The quantitative estimate of drug-likeness (QED) is 0.166. The molecular formula is C48H58N6O8S3. The first-order chi connectivity index (χ1) is 30.8. The molecule has 4 aliphatic carbocycles. The molecule has 2 saturated carbocycles. The molecule has 0 atom stereocenters. The van der Waals surface area contributed by atoms with Gasteiger partial charge in [0.2, 0.25) is 30.1 Å². The zero-order valence-corrected chi connectivity index (χ0v) is 40.2. The van der Waals surface area contributed by atoms with Crippen LogP contribution < -0.4 is 29.4 Å². The highest BCUT2D eigenvalue weighted by Gasteiger charge is 2.49. The molecule has 10 rings (SSSR count). The van der Waals surface area contributed by atoms with E-state index in [4.69, 9.17) is 0 Å². The summed E-state index contributed by atoms with van der Waals surface area (Å²) in [6.45, 7) is 8.37. The second-order valence-electron chi connectivity index (χ2n) is 18.7. The van der Waals surface area contributed by atoms with E-state index >= 15 is 0 Å². The van der Waals surface area contributed by atoms with E-state index in [1.54, 1.807) is 48.5 Å². The number of fused-ring (bicyclic) bond motifs is 2. The number of rotatable bonds is 12. The first kappa shape index (κ1) is 45.0. The van der Waals surface area contributed by atoms with Gasteiger partial charge in [0.15, 0.2) is 0 Å². The highest BCUT2D eigenvalue weighted by molar-refractivity contribution is 8.10. The van der Waals surface area contributed by atoms with Crippen LogP contribution in [0.5, 0.6) is 0 Å². The molecular weight excluding hydrogens is 885 g/mol. The lowest BCUT2D eigenvalue weighted by molar-refractivity contribution is 0.581. The van der Waals surface area contributed by atoms with Gasteiger partial charge in [0, 0.05) is 103 Å². The van der Waals surface area contributed by atoms with Crippen molar-refractivity contribution in [3.05, 3.63) is 104 Å². The fourth-order valence-electron chi connectivity index (χ4n) is 10.1. The van der Waals surface area contributed by atoms with Crippen molar-refractivity contribution in [1.82, 2.24) is 9.13 Å². The Bertz CT molecular complexity index is 3110. The van der Waals surface area contributed by atoms with Crippen molar-refractivity contribution in [3.63, 3.8) is 0 Å². The minimum atomic E-state index is -4.09. The van der Waals surface area contributed by atoms with Crippen LogP contribution in [0.25, 0.3) is 34.4 Å². The molecule has 346 valence electrons. The summed E-state index contributed by atoms with van der Waals surface area (Å²) >= 11 is 0. The van der Waals surface area contributed by atoms with Crippen molar-refractivity contribution < 1.29 is 25.3 Å². The van der Waals surface area contributed by atoms with Crippen LogP contribution in [0.1, 0.15) is 81.5 Å². The Kier molecular flexibility index (Phi) is 11.3.